The van der Waals surface area contributed by atoms with Gasteiger partial charge in [-0.3, -0.25) is 0 Å². The molecule has 0 saturated heterocycles. The lowest BCUT2D eigenvalue weighted by Crippen LogP contribution is -2.28. The largest absolute Gasteiger partial charge is 0.308 e. The summed E-state index contributed by atoms with van der Waals surface area (Å²) in [4.78, 5) is 4.98. The highest BCUT2D eigenvalue weighted by atomic mass is 32.2. The molecule has 0 fully saturated rings. The summed E-state index contributed by atoms with van der Waals surface area (Å²) in [5, 5.41) is 2.63. The molecule has 0 N–H and O–H groups in total. The van der Waals surface area contributed by atoms with E-state index < -0.39 is 5.41 Å². The third-order valence-electron chi connectivity index (χ3n) is 13.3. The maximum atomic E-state index is 2.51. The molecule has 0 amide bonds. The van der Waals surface area contributed by atoms with Gasteiger partial charge >= 0.3 is 0 Å². The summed E-state index contributed by atoms with van der Waals surface area (Å²) in [5.41, 5.74) is 18.0. The first-order valence-corrected chi connectivity index (χ1v) is 23.5. The van der Waals surface area contributed by atoms with E-state index in [0.29, 0.717) is 0 Å². The molecular formula is C61H39NS2. The van der Waals surface area contributed by atoms with Crippen LogP contribution in [0.25, 0.3) is 64.7 Å². The third kappa shape index (κ3) is 5.64. The molecule has 3 heteroatoms. The van der Waals surface area contributed by atoms with Crippen molar-refractivity contribution in [2.24, 2.45) is 0 Å². The summed E-state index contributed by atoms with van der Waals surface area (Å²) in [6.45, 7) is 0. The van der Waals surface area contributed by atoms with Gasteiger partial charge in [0.2, 0.25) is 0 Å². The van der Waals surface area contributed by atoms with Crippen LogP contribution in [0.2, 0.25) is 0 Å². The highest BCUT2D eigenvalue weighted by Gasteiger charge is 2.47. The molecule has 1 aliphatic heterocycles. The Morgan fingerprint density at radius 3 is 1.55 bits per heavy atom. The molecule has 1 aliphatic carbocycles. The Labute approximate surface area is 381 Å². The number of thiophene rings is 1. The molecule has 0 spiro atoms. The normalized spacial score (nSPS) is 13.3. The van der Waals surface area contributed by atoms with Gasteiger partial charge < -0.3 is 4.90 Å². The zero-order valence-corrected chi connectivity index (χ0v) is 36.4. The number of nitrogens with zero attached hydrogens (tertiary/aromatic N) is 1. The minimum Gasteiger partial charge on any atom is -0.308 e. The quantitative estimate of drug-likeness (QED) is 0.164. The molecule has 1 nitrogen and oxygen atoms in total. The van der Waals surface area contributed by atoms with Gasteiger partial charge in [0, 0.05) is 41.2 Å². The van der Waals surface area contributed by atoms with E-state index in [1.54, 1.807) is 0 Å². The molecule has 0 radical (unpaired) electrons. The predicted molar refractivity (Wildman–Crippen MR) is 272 cm³/mol. The van der Waals surface area contributed by atoms with E-state index in [0.717, 1.165) is 5.69 Å². The van der Waals surface area contributed by atoms with Crippen LogP contribution in [-0.4, -0.2) is 0 Å². The fourth-order valence-electron chi connectivity index (χ4n) is 10.6. The van der Waals surface area contributed by atoms with Crippen molar-refractivity contribution in [2.75, 3.05) is 4.90 Å². The molecule has 2 aliphatic rings. The average Bonchev–Trinajstić information content (AvgIpc) is 3.90. The molecule has 0 saturated carbocycles. The molecule has 11 aromatic rings. The van der Waals surface area contributed by atoms with Crippen LogP contribution in [0.3, 0.4) is 0 Å². The SMILES string of the molecule is c1ccc(-c2ccc3c(c2)Sc2cc(-c4ccccc4)ccc2N3c2ccc3c(c2)C(c2ccccc2)(c2ccccc2)c2cccc(-c4cccc5c4sc4ccccc45)c2-3)cc1. The fourth-order valence-corrected chi connectivity index (χ4v) is 12.9. The van der Waals surface area contributed by atoms with E-state index in [1.807, 2.05) is 23.1 Å². The Bertz CT molecular complexity index is 3450. The smallest absolute Gasteiger partial charge is 0.0714 e. The number of fused-ring (bicyclic) bond motifs is 8. The molecular weight excluding hydrogens is 811 g/mol. The highest BCUT2D eigenvalue weighted by Crippen LogP contribution is 2.61. The lowest BCUT2D eigenvalue weighted by Gasteiger charge is -2.36. The maximum absolute atomic E-state index is 2.51. The summed E-state index contributed by atoms with van der Waals surface area (Å²) in [7, 11) is 0. The molecule has 300 valence electrons. The monoisotopic (exact) mass is 849 g/mol. The molecule has 13 rings (SSSR count). The summed E-state index contributed by atoms with van der Waals surface area (Å²) >= 11 is 3.77. The predicted octanol–water partition coefficient (Wildman–Crippen LogP) is 17.4. The topological polar surface area (TPSA) is 3.24 Å². The van der Waals surface area contributed by atoms with Crippen LogP contribution in [-0.2, 0) is 5.41 Å². The van der Waals surface area contributed by atoms with E-state index >= 15 is 0 Å². The molecule has 10 aromatic carbocycles. The van der Waals surface area contributed by atoms with Crippen molar-refractivity contribution in [3.05, 3.63) is 259 Å². The van der Waals surface area contributed by atoms with Crippen LogP contribution in [0.5, 0.6) is 0 Å². The van der Waals surface area contributed by atoms with Gasteiger partial charge in [-0.05, 0) is 104 Å². The number of hydrogen-bond acceptors (Lipinski definition) is 3. The van der Waals surface area contributed by atoms with E-state index in [-0.39, 0.29) is 0 Å². The Kier molecular flexibility index (Phi) is 8.62. The van der Waals surface area contributed by atoms with E-state index in [2.05, 4.69) is 241 Å². The zero-order valence-electron chi connectivity index (χ0n) is 34.8. The van der Waals surface area contributed by atoms with Crippen LogP contribution in [0.15, 0.2) is 246 Å². The second-order valence-corrected chi connectivity index (χ2v) is 18.9. The van der Waals surface area contributed by atoms with Gasteiger partial charge in [0.15, 0.2) is 0 Å². The number of rotatable bonds is 6. The summed E-state index contributed by atoms with van der Waals surface area (Å²) in [6, 6.07) is 87.9. The van der Waals surface area contributed by atoms with Crippen LogP contribution in [0.4, 0.5) is 17.1 Å². The zero-order chi connectivity index (χ0) is 42.2. The van der Waals surface area contributed by atoms with Gasteiger partial charge in [-0.25, -0.2) is 0 Å². The van der Waals surface area contributed by atoms with Crippen molar-refractivity contribution < 1.29 is 0 Å². The van der Waals surface area contributed by atoms with Crippen molar-refractivity contribution in [2.45, 2.75) is 15.2 Å². The van der Waals surface area contributed by atoms with Gasteiger partial charge in [0.05, 0.1) is 16.8 Å². The number of anilines is 3. The second-order valence-electron chi connectivity index (χ2n) is 16.8. The van der Waals surface area contributed by atoms with E-state index in [1.165, 1.54) is 108 Å². The lowest BCUT2D eigenvalue weighted by molar-refractivity contribution is 0.768. The number of benzene rings is 10. The van der Waals surface area contributed by atoms with Crippen LogP contribution in [0, 0.1) is 0 Å². The molecule has 0 atom stereocenters. The first-order chi connectivity index (χ1) is 31.7. The molecule has 0 bridgehead atoms. The first-order valence-electron chi connectivity index (χ1n) is 21.9. The van der Waals surface area contributed by atoms with Gasteiger partial charge in [-0.15, -0.1) is 11.3 Å². The van der Waals surface area contributed by atoms with Gasteiger partial charge in [0.1, 0.15) is 0 Å². The van der Waals surface area contributed by atoms with Crippen LogP contribution >= 0.6 is 23.1 Å². The Hall–Kier alpha value is -7.43. The first kappa shape index (κ1) is 37.2. The summed E-state index contributed by atoms with van der Waals surface area (Å²) in [6.07, 6.45) is 0. The number of hydrogen-bond donors (Lipinski definition) is 0. The van der Waals surface area contributed by atoms with Crippen molar-refractivity contribution in [1.29, 1.82) is 0 Å². The van der Waals surface area contributed by atoms with Crippen molar-refractivity contribution >= 4 is 60.3 Å². The van der Waals surface area contributed by atoms with Crippen molar-refractivity contribution in [3.63, 3.8) is 0 Å². The Morgan fingerprint density at radius 1 is 0.359 bits per heavy atom. The maximum Gasteiger partial charge on any atom is 0.0714 e. The van der Waals surface area contributed by atoms with Gasteiger partial charge in [-0.1, -0.05) is 206 Å². The molecule has 1 aromatic heterocycles. The average molecular weight is 850 g/mol. The standard InChI is InChI=1S/C61H39NS2/c1-5-17-40(18-6-1)42-31-35-54-57(37-42)63-58-38-43(41-19-7-2-8-20-41)32-36-55(58)62(54)46-33-34-51-53(39-46)61(44-21-9-3-10-22-44,45-23-11-4-12-24-45)52-29-16-26-48(59(51)52)50-28-15-27-49-47-25-13-14-30-56(47)64-60(49)50/h1-39H. The minimum absolute atomic E-state index is 0.586. The van der Waals surface area contributed by atoms with Crippen molar-refractivity contribution in [3.8, 4) is 44.5 Å². The fraction of sp³-hybridized carbons (Fsp3) is 0.0164. The summed E-state index contributed by atoms with van der Waals surface area (Å²) in [5.74, 6) is 0. The van der Waals surface area contributed by atoms with Gasteiger partial charge in [-0.2, -0.15) is 0 Å². The molecule has 64 heavy (non-hydrogen) atoms. The van der Waals surface area contributed by atoms with Crippen LogP contribution < -0.4 is 4.90 Å². The third-order valence-corrected chi connectivity index (χ3v) is 15.7. The summed E-state index contributed by atoms with van der Waals surface area (Å²) < 4.78 is 2.65. The molecule has 2 heterocycles. The minimum atomic E-state index is -0.586. The molecule has 0 unspecified atom stereocenters. The van der Waals surface area contributed by atoms with Crippen molar-refractivity contribution in [1.82, 2.24) is 0 Å². The Balaban J connectivity index is 1.08. The lowest BCUT2D eigenvalue weighted by atomic mass is 9.67. The highest BCUT2D eigenvalue weighted by molar-refractivity contribution is 7.99. The van der Waals surface area contributed by atoms with Crippen LogP contribution in [0.1, 0.15) is 22.3 Å². The Morgan fingerprint density at radius 2 is 0.906 bits per heavy atom. The van der Waals surface area contributed by atoms with E-state index in [4.69, 9.17) is 0 Å². The second kappa shape index (κ2) is 14.8. The van der Waals surface area contributed by atoms with Gasteiger partial charge in [0.25, 0.3) is 0 Å². The van der Waals surface area contributed by atoms with E-state index in [9.17, 15) is 0 Å².